The summed E-state index contributed by atoms with van der Waals surface area (Å²) in [4.78, 5) is 14.3. The Morgan fingerprint density at radius 2 is 2.17 bits per heavy atom. The van der Waals surface area contributed by atoms with E-state index in [1.165, 1.54) is 0 Å². The molecule has 102 valence electrons. The third-order valence-electron chi connectivity index (χ3n) is 4.87. The van der Waals surface area contributed by atoms with Gasteiger partial charge in [0.05, 0.1) is 6.10 Å². The van der Waals surface area contributed by atoms with Gasteiger partial charge >= 0.3 is 0 Å². The van der Waals surface area contributed by atoms with Gasteiger partial charge in [0.2, 0.25) is 5.91 Å². The van der Waals surface area contributed by atoms with Crippen molar-refractivity contribution in [1.82, 2.24) is 10.2 Å². The Morgan fingerprint density at radius 1 is 1.39 bits per heavy atom. The Bertz CT molecular complexity index is 322. The standard InChI is InChI=1S/C13H23N3O2/c14-12(17)13(15-8-11-2-1-7-18-11)9-16-5-3-10(13)4-6-16/h10-11,15H,1-9H2,(H2,14,17). The van der Waals surface area contributed by atoms with E-state index in [2.05, 4.69) is 10.2 Å². The van der Waals surface area contributed by atoms with Gasteiger partial charge in [-0.15, -0.1) is 0 Å². The molecule has 4 saturated heterocycles. The molecule has 4 fully saturated rings. The maximum atomic E-state index is 12.0. The average Bonchev–Trinajstić information content (AvgIpc) is 2.90. The number of nitrogens with two attached hydrogens (primary N) is 1. The lowest BCUT2D eigenvalue weighted by molar-refractivity contribution is -0.133. The van der Waals surface area contributed by atoms with Crippen LogP contribution < -0.4 is 11.1 Å². The third-order valence-corrected chi connectivity index (χ3v) is 4.87. The summed E-state index contributed by atoms with van der Waals surface area (Å²) in [6.45, 7) is 4.61. The minimum absolute atomic E-state index is 0.185. The van der Waals surface area contributed by atoms with Crippen molar-refractivity contribution in [3.8, 4) is 0 Å². The molecule has 0 aromatic heterocycles. The van der Waals surface area contributed by atoms with E-state index in [0.717, 1.165) is 58.5 Å². The second-order valence-electron chi connectivity index (χ2n) is 5.90. The molecule has 3 N–H and O–H groups in total. The van der Waals surface area contributed by atoms with E-state index in [-0.39, 0.29) is 12.0 Å². The summed E-state index contributed by atoms with van der Waals surface area (Å²) in [5.41, 5.74) is 5.19. The summed E-state index contributed by atoms with van der Waals surface area (Å²) in [6, 6.07) is 0. The molecule has 0 spiro atoms. The molecule has 2 atom stereocenters. The number of amides is 1. The van der Waals surface area contributed by atoms with Crippen LogP contribution in [0.5, 0.6) is 0 Å². The zero-order valence-electron chi connectivity index (χ0n) is 10.9. The predicted molar refractivity (Wildman–Crippen MR) is 68.1 cm³/mol. The minimum atomic E-state index is -0.511. The van der Waals surface area contributed by atoms with Gasteiger partial charge in [-0.3, -0.25) is 10.1 Å². The van der Waals surface area contributed by atoms with Crippen molar-refractivity contribution in [2.45, 2.75) is 37.3 Å². The molecule has 4 heterocycles. The molecule has 5 heteroatoms. The van der Waals surface area contributed by atoms with Crippen molar-refractivity contribution >= 4 is 5.91 Å². The topological polar surface area (TPSA) is 67.6 Å². The number of fused-ring (bicyclic) bond motifs is 3. The molecule has 1 amide bonds. The van der Waals surface area contributed by atoms with Crippen LogP contribution in [0, 0.1) is 5.92 Å². The van der Waals surface area contributed by atoms with Gasteiger partial charge in [-0.1, -0.05) is 0 Å². The first-order valence-electron chi connectivity index (χ1n) is 7.09. The molecule has 2 bridgehead atoms. The normalized spacial score (nSPS) is 43.2. The SMILES string of the molecule is NC(=O)C1(NCC2CCCO2)CN2CCC1CC2. The van der Waals surface area contributed by atoms with E-state index in [1.54, 1.807) is 0 Å². The van der Waals surface area contributed by atoms with Crippen LogP contribution in [-0.2, 0) is 9.53 Å². The van der Waals surface area contributed by atoms with Crippen molar-refractivity contribution in [1.29, 1.82) is 0 Å². The van der Waals surface area contributed by atoms with Crippen LogP contribution in [0.4, 0.5) is 0 Å². The molecule has 0 radical (unpaired) electrons. The fourth-order valence-electron chi connectivity index (χ4n) is 3.73. The largest absolute Gasteiger partial charge is 0.377 e. The number of hydrogen-bond acceptors (Lipinski definition) is 4. The van der Waals surface area contributed by atoms with Gasteiger partial charge < -0.3 is 15.4 Å². The Labute approximate surface area is 108 Å². The molecule has 0 saturated carbocycles. The van der Waals surface area contributed by atoms with E-state index in [4.69, 9.17) is 10.5 Å². The van der Waals surface area contributed by atoms with Crippen LogP contribution in [0.15, 0.2) is 0 Å². The highest BCUT2D eigenvalue weighted by molar-refractivity contribution is 5.85. The lowest BCUT2D eigenvalue weighted by Gasteiger charge is -2.52. The first-order valence-corrected chi connectivity index (χ1v) is 7.09. The van der Waals surface area contributed by atoms with Crippen LogP contribution in [0.25, 0.3) is 0 Å². The van der Waals surface area contributed by atoms with Gasteiger partial charge in [0.25, 0.3) is 0 Å². The van der Waals surface area contributed by atoms with E-state index in [1.807, 2.05) is 0 Å². The van der Waals surface area contributed by atoms with Crippen molar-refractivity contribution in [2.75, 3.05) is 32.8 Å². The van der Waals surface area contributed by atoms with Crippen LogP contribution in [0.3, 0.4) is 0 Å². The molecule has 4 aliphatic heterocycles. The summed E-state index contributed by atoms with van der Waals surface area (Å²) in [6.07, 6.45) is 4.65. The fraction of sp³-hybridized carbons (Fsp3) is 0.923. The van der Waals surface area contributed by atoms with E-state index >= 15 is 0 Å². The summed E-state index contributed by atoms with van der Waals surface area (Å²) in [7, 11) is 0. The molecule has 4 rings (SSSR count). The van der Waals surface area contributed by atoms with Crippen molar-refractivity contribution < 1.29 is 9.53 Å². The predicted octanol–water partition coefficient (Wildman–Crippen LogP) is -0.295. The van der Waals surface area contributed by atoms with Gasteiger partial charge in [-0.25, -0.2) is 0 Å². The first kappa shape index (κ1) is 12.4. The second kappa shape index (κ2) is 4.79. The molecule has 0 aliphatic carbocycles. The third kappa shape index (κ3) is 2.04. The fourth-order valence-corrected chi connectivity index (χ4v) is 3.73. The molecule has 18 heavy (non-hydrogen) atoms. The van der Waals surface area contributed by atoms with Crippen molar-refractivity contribution in [2.24, 2.45) is 11.7 Å². The first-order chi connectivity index (χ1) is 8.71. The summed E-state index contributed by atoms with van der Waals surface area (Å²) in [5, 5.41) is 3.47. The summed E-state index contributed by atoms with van der Waals surface area (Å²) >= 11 is 0. The van der Waals surface area contributed by atoms with Gasteiger partial charge in [0, 0.05) is 19.7 Å². The van der Waals surface area contributed by atoms with Gasteiger partial charge in [-0.2, -0.15) is 0 Å². The highest BCUT2D eigenvalue weighted by Crippen LogP contribution is 2.35. The summed E-state index contributed by atoms with van der Waals surface area (Å²) < 4.78 is 5.62. The van der Waals surface area contributed by atoms with Crippen LogP contribution in [-0.4, -0.2) is 55.2 Å². The second-order valence-corrected chi connectivity index (χ2v) is 5.90. The maximum absolute atomic E-state index is 12.0. The number of hydrogen-bond donors (Lipinski definition) is 2. The highest BCUT2D eigenvalue weighted by atomic mass is 16.5. The molecular weight excluding hydrogens is 230 g/mol. The van der Waals surface area contributed by atoms with Crippen LogP contribution >= 0.6 is 0 Å². The minimum Gasteiger partial charge on any atom is -0.377 e. The number of nitrogens with zero attached hydrogens (tertiary/aromatic N) is 1. The van der Waals surface area contributed by atoms with Crippen LogP contribution in [0.1, 0.15) is 25.7 Å². The smallest absolute Gasteiger partial charge is 0.239 e. The van der Waals surface area contributed by atoms with Crippen molar-refractivity contribution in [3.63, 3.8) is 0 Å². The number of piperidine rings is 3. The molecule has 5 nitrogen and oxygen atoms in total. The quantitative estimate of drug-likeness (QED) is 0.722. The number of ether oxygens (including phenoxy) is 1. The lowest BCUT2D eigenvalue weighted by Crippen LogP contribution is -2.72. The molecular formula is C13H23N3O2. The Morgan fingerprint density at radius 3 is 2.67 bits per heavy atom. The number of rotatable bonds is 4. The zero-order valence-corrected chi connectivity index (χ0v) is 10.9. The molecule has 2 unspecified atom stereocenters. The summed E-state index contributed by atoms with van der Waals surface area (Å²) in [5.74, 6) is 0.219. The molecule has 4 aliphatic rings. The Balaban J connectivity index is 1.69. The lowest BCUT2D eigenvalue weighted by atomic mass is 9.72. The van der Waals surface area contributed by atoms with Crippen molar-refractivity contribution in [3.05, 3.63) is 0 Å². The number of nitrogens with one attached hydrogen (secondary N) is 1. The van der Waals surface area contributed by atoms with Crippen LogP contribution in [0.2, 0.25) is 0 Å². The Kier molecular flexibility index (Phi) is 3.30. The van der Waals surface area contributed by atoms with E-state index in [9.17, 15) is 4.79 Å². The highest BCUT2D eigenvalue weighted by Gasteiger charge is 2.50. The zero-order chi connectivity index (χ0) is 12.6. The maximum Gasteiger partial charge on any atom is 0.239 e. The number of carbonyl (C=O) groups is 1. The molecule has 0 aromatic rings. The Hall–Kier alpha value is -0.650. The number of carbonyl (C=O) groups excluding carboxylic acids is 1. The van der Waals surface area contributed by atoms with E-state index in [0.29, 0.717) is 5.92 Å². The van der Waals surface area contributed by atoms with Gasteiger partial charge in [0.15, 0.2) is 0 Å². The van der Waals surface area contributed by atoms with E-state index < -0.39 is 5.54 Å². The average molecular weight is 253 g/mol. The van der Waals surface area contributed by atoms with Gasteiger partial charge in [-0.05, 0) is 44.7 Å². The number of primary amides is 1. The molecule has 0 aromatic carbocycles. The van der Waals surface area contributed by atoms with Gasteiger partial charge in [0.1, 0.15) is 5.54 Å². The monoisotopic (exact) mass is 253 g/mol.